The molecule has 3 fully saturated rings. The van der Waals surface area contributed by atoms with E-state index in [0.717, 1.165) is 0 Å². The molecule has 0 amide bonds. The molecule has 14 nitrogen and oxygen atoms in total. The van der Waals surface area contributed by atoms with Gasteiger partial charge in [0.2, 0.25) is 0 Å². The van der Waals surface area contributed by atoms with Gasteiger partial charge in [-0.25, -0.2) is 0 Å². The Morgan fingerprint density at radius 3 is 1.82 bits per heavy atom. The van der Waals surface area contributed by atoms with Gasteiger partial charge in [-0.2, -0.15) is 0 Å². The van der Waals surface area contributed by atoms with Gasteiger partial charge in [0.25, 0.3) is 0 Å². The van der Waals surface area contributed by atoms with Gasteiger partial charge in [-0.15, -0.1) is 0 Å². The van der Waals surface area contributed by atoms with Gasteiger partial charge in [0.05, 0.1) is 30.9 Å². The fraction of sp³-hybridized carbons (Fsp3) is 1.00. The Kier molecular flexibility index (Phi) is 11.0. The predicted octanol–water partition coefficient (Wildman–Crippen LogP) is -6.30. The molecule has 0 aromatic rings. The van der Waals surface area contributed by atoms with Crippen LogP contribution in [0.1, 0.15) is 12.8 Å². The third-order valence-corrected chi connectivity index (χ3v) is 6.41. The Hall–Kier alpha value is 0.0894. The third kappa shape index (κ3) is 6.27. The summed E-state index contributed by atoms with van der Waals surface area (Å²) in [6.45, 7) is -0.499. The van der Waals surface area contributed by atoms with Crippen LogP contribution < -0.4 is 28.7 Å². The summed E-state index contributed by atoms with van der Waals surface area (Å²) in [5.74, 6) is 0. The molecule has 2 heterocycles. The van der Waals surface area contributed by atoms with Gasteiger partial charge < -0.3 is 73.1 Å². The summed E-state index contributed by atoms with van der Waals surface area (Å²) in [5.41, 5.74) is 29.8. The minimum Gasteiger partial charge on any atom is -0.394 e. The van der Waals surface area contributed by atoms with E-state index in [1.54, 1.807) is 0 Å². The topological polar surface area (TPSA) is 268 Å². The molecule has 0 unspecified atom stereocenters. The Labute approximate surface area is 205 Å². The van der Waals surface area contributed by atoms with E-state index in [-0.39, 0.29) is 39.5 Å². The average molecular weight is 566 g/mol. The van der Waals surface area contributed by atoms with E-state index in [2.05, 4.69) is 0 Å². The molecule has 0 spiro atoms. The van der Waals surface area contributed by atoms with E-state index in [4.69, 9.17) is 47.6 Å². The Bertz CT molecular complexity index is 614. The van der Waals surface area contributed by atoms with Crippen molar-refractivity contribution in [2.75, 3.05) is 13.2 Å². The first kappa shape index (κ1) is 29.3. The van der Waals surface area contributed by atoms with Crippen molar-refractivity contribution in [2.45, 2.75) is 98.4 Å². The normalized spacial score (nSPS) is 51.1. The van der Waals surface area contributed by atoms with Gasteiger partial charge in [0.15, 0.2) is 12.6 Å². The van der Waals surface area contributed by atoms with Gasteiger partial charge in [0, 0.05) is 38.7 Å². The predicted molar refractivity (Wildman–Crippen MR) is 108 cm³/mol. The van der Waals surface area contributed by atoms with Crippen molar-refractivity contribution in [3.05, 3.63) is 0 Å². The van der Waals surface area contributed by atoms with E-state index in [9.17, 15) is 25.5 Å². The van der Waals surface area contributed by atoms with Crippen LogP contribution in [0.3, 0.4) is 0 Å². The molecule has 1 radical (unpaired) electrons. The molecule has 0 bridgehead atoms. The minimum atomic E-state index is -1.44. The number of hydrogen-bond acceptors (Lipinski definition) is 14. The number of ether oxygens (including phenoxy) is 4. The standard InChI is InChI=1S/C18H37N5O9.Tc/c19-3-9-8(25)2-7(22)17(29-9)31-15-5(20)1-6(21)16(14(15)28)32-18-13(27)11(23)12(26)10(4-24)30-18;/h5-18,24-28H,1-4,19-23H2;/t5-,6+,7+,8-,9+,10+,11-,12+,13+,14-,15+,16-,17+,18+;/m0./s1/i;1+1. The Morgan fingerprint density at radius 2 is 1.27 bits per heavy atom. The van der Waals surface area contributed by atoms with Crippen molar-refractivity contribution < 1.29 is 64.6 Å². The summed E-state index contributed by atoms with van der Waals surface area (Å²) in [4.78, 5) is 0. The molecule has 2 saturated heterocycles. The third-order valence-electron chi connectivity index (χ3n) is 6.41. The van der Waals surface area contributed by atoms with Crippen LogP contribution in [-0.2, 0) is 39.1 Å². The smallest absolute Gasteiger partial charge is 0.186 e. The van der Waals surface area contributed by atoms with E-state index < -0.39 is 92.2 Å². The number of hydrogen-bond donors (Lipinski definition) is 10. The molecule has 0 aromatic carbocycles. The van der Waals surface area contributed by atoms with E-state index in [1.165, 1.54) is 0 Å². The molecule has 14 atom stereocenters. The van der Waals surface area contributed by atoms with Crippen LogP contribution in [0, 0.1) is 0 Å². The number of nitrogens with two attached hydrogens (primary N) is 5. The van der Waals surface area contributed by atoms with Gasteiger partial charge in [0.1, 0.15) is 36.6 Å². The first-order valence-electron chi connectivity index (χ1n) is 10.8. The molecule has 15 N–H and O–H groups in total. The largest absolute Gasteiger partial charge is 0.394 e. The summed E-state index contributed by atoms with van der Waals surface area (Å²) in [5, 5.41) is 50.7. The molecule has 1 saturated carbocycles. The fourth-order valence-corrected chi connectivity index (χ4v) is 4.43. The zero-order valence-electron chi connectivity index (χ0n) is 18.0. The molecule has 33 heavy (non-hydrogen) atoms. The summed E-state index contributed by atoms with van der Waals surface area (Å²) in [6, 6.07) is -3.27. The Morgan fingerprint density at radius 1 is 0.727 bits per heavy atom. The van der Waals surface area contributed by atoms with Crippen LogP contribution in [-0.4, -0.2) is 124 Å². The molecule has 1 aliphatic carbocycles. The summed E-state index contributed by atoms with van der Waals surface area (Å²) in [7, 11) is 0. The number of aliphatic hydroxyl groups excluding tert-OH is 5. The average Bonchev–Trinajstić information content (AvgIpc) is 2.75. The second kappa shape index (κ2) is 12.4. The van der Waals surface area contributed by atoms with Gasteiger partial charge in [-0.1, -0.05) is 0 Å². The number of rotatable bonds is 6. The van der Waals surface area contributed by atoms with Crippen molar-refractivity contribution in [1.82, 2.24) is 0 Å². The van der Waals surface area contributed by atoms with Crippen molar-refractivity contribution in [1.29, 1.82) is 0 Å². The SMILES string of the molecule is NC[C@H]1O[C@H](O[C@H]2[C@H](O)[C@@H](O[C@H]3O[C@H](CO)[C@@H](O)[C@H](N)[C@H]3O)[C@H](N)C[C@@H]2N)[C@H](N)C[C@@H]1O.[99Tc]. The van der Waals surface area contributed by atoms with Crippen molar-refractivity contribution in [3.63, 3.8) is 0 Å². The van der Waals surface area contributed by atoms with Crippen molar-refractivity contribution >= 4 is 0 Å². The summed E-state index contributed by atoms with van der Waals surface area (Å²) >= 11 is 0. The molecule has 15 heteroatoms. The first-order chi connectivity index (χ1) is 15.1. The number of aliphatic hydroxyl groups is 5. The van der Waals surface area contributed by atoms with Gasteiger partial charge in [-0.05, 0) is 12.8 Å². The molecule has 195 valence electrons. The quantitative estimate of drug-likeness (QED) is 0.143. The maximum absolute atomic E-state index is 11.0. The fourth-order valence-electron chi connectivity index (χ4n) is 4.43. The van der Waals surface area contributed by atoms with E-state index in [0.29, 0.717) is 0 Å². The maximum Gasteiger partial charge on any atom is 0.186 e. The zero-order chi connectivity index (χ0) is 23.7. The second-order valence-electron chi connectivity index (χ2n) is 8.78. The van der Waals surface area contributed by atoms with Crippen molar-refractivity contribution in [2.24, 2.45) is 28.7 Å². The monoisotopic (exact) mass is 566 g/mol. The maximum atomic E-state index is 11.0. The van der Waals surface area contributed by atoms with Crippen LogP contribution in [0.4, 0.5) is 0 Å². The van der Waals surface area contributed by atoms with Gasteiger partial charge >= 0.3 is 0 Å². The van der Waals surface area contributed by atoms with Crippen LogP contribution in [0.2, 0.25) is 0 Å². The van der Waals surface area contributed by atoms with E-state index in [1.807, 2.05) is 0 Å². The van der Waals surface area contributed by atoms with Crippen molar-refractivity contribution in [3.8, 4) is 0 Å². The second-order valence-corrected chi connectivity index (χ2v) is 8.78. The van der Waals surface area contributed by atoms with Crippen LogP contribution in [0.25, 0.3) is 0 Å². The van der Waals surface area contributed by atoms with Crippen LogP contribution in [0.15, 0.2) is 0 Å². The van der Waals surface area contributed by atoms with Crippen LogP contribution in [0.5, 0.6) is 0 Å². The van der Waals surface area contributed by atoms with Gasteiger partial charge in [-0.3, -0.25) is 0 Å². The summed E-state index contributed by atoms with van der Waals surface area (Å²) in [6.07, 6.45) is -10.8. The molecule has 3 aliphatic rings. The zero-order valence-corrected chi connectivity index (χ0v) is 19.9. The summed E-state index contributed by atoms with van der Waals surface area (Å²) < 4.78 is 22.7. The minimum absolute atomic E-state index is 0. The van der Waals surface area contributed by atoms with E-state index >= 15 is 0 Å². The Balaban J connectivity index is 0.00000385. The molecule has 0 aromatic heterocycles. The molecular formula is C18H37N5O9Tc. The van der Waals surface area contributed by atoms with Crippen LogP contribution >= 0.6 is 0 Å². The molecular weight excluding hydrogens is 529 g/mol. The first-order valence-corrected chi connectivity index (χ1v) is 10.8. The molecule has 2 aliphatic heterocycles. The molecule has 3 rings (SSSR count).